The lowest BCUT2D eigenvalue weighted by Crippen LogP contribution is -2.02. The molecule has 0 fully saturated rings. The molecule has 0 heterocycles. The number of rotatable bonds is 3. The summed E-state index contributed by atoms with van der Waals surface area (Å²) >= 11 is 5.35. The lowest BCUT2D eigenvalue weighted by Gasteiger charge is -2.09. The van der Waals surface area contributed by atoms with Crippen LogP contribution in [0.15, 0.2) is 18.2 Å². The van der Waals surface area contributed by atoms with Crippen LogP contribution in [0.2, 0.25) is 0 Å². The average Bonchev–Trinajstić information content (AvgIpc) is 2.16. The van der Waals surface area contributed by atoms with E-state index in [0.717, 1.165) is 6.07 Å². The molecular formula is C9H8ClF3O. The summed E-state index contributed by atoms with van der Waals surface area (Å²) in [6, 6.07) is 3.52. The minimum atomic E-state index is -2.72. The van der Waals surface area contributed by atoms with E-state index in [0.29, 0.717) is 0 Å². The lowest BCUT2D eigenvalue weighted by atomic mass is 10.1. The van der Waals surface area contributed by atoms with E-state index in [1.54, 1.807) is 0 Å². The van der Waals surface area contributed by atoms with Gasteiger partial charge in [-0.2, -0.15) is 0 Å². The van der Waals surface area contributed by atoms with Gasteiger partial charge in [-0.25, -0.2) is 13.2 Å². The van der Waals surface area contributed by atoms with Crippen molar-refractivity contribution in [3.8, 4) is 5.75 Å². The van der Waals surface area contributed by atoms with E-state index >= 15 is 0 Å². The van der Waals surface area contributed by atoms with E-state index in [-0.39, 0.29) is 11.3 Å². The summed E-state index contributed by atoms with van der Waals surface area (Å²) in [6.07, 6.45) is -2.72. The van der Waals surface area contributed by atoms with Crippen LogP contribution in [0.1, 0.15) is 10.9 Å². The third kappa shape index (κ3) is 2.32. The fourth-order valence-corrected chi connectivity index (χ4v) is 1.14. The van der Waals surface area contributed by atoms with Crippen molar-refractivity contribution < 1.29 is 17.9 Å². The fraction of sp³-hybridized carbons (Fsp3) is 0.333. The maximum atomic E-state index is 13.0. The molecule has 1 unspecified atom stereocenters. The first-order chi connectivity index (χ1) is 6.56. The van der Waals surface area contributed by atoms with Crippen molar-refractivity contribution in [2.45, 2.75) is 11.8 Å². The Hall–Kier alpha value is -0.900. The Balaban J connectivity index is 2.96. The Morgan fingerprint density at radius 2 is 2.00 bits per heavy atom. The van der Waals surface area contributed by atoms with E-state index < -0.39 is 17.6 Å². The summed E-state index contributed by atoms with van der Waals surface area (Å²) in [5.74, 6) is -0.691. The molecule has 0 amide bonds. The fourth-order valence-electron chi connectivity index (χ4n) is 1.000. The van der Waals surface area contributed by atoms with Gasteiger partial charge < -0.3 is 4.74 Å². The van der Waals surface area contributed by atoms with E-state index in [4.69, 9.17) is 11.6 Å². The Kier molecular flexibility index (Phi) is 3.63. The molecule has 14 heavy (non-hydrogen) atoms. The van der Waals surface area contributed by atoms with E-state index in [1.165, 1.54) is 19.2 Å². The maximum absolute atomic E-state index is 13.0. The standard InChI is InChI=1S/C9H8ClF3O/c1-14-7-3-2-5(4-6(7)11)8(10)9(12)13/h2-4,8-9H,1H3. The topological polar surface area (TPSA) is 9.23 Å². The van der Waals surface area contributed by atoms with Gasteiger partial charge in [0.05, 0.1) is 7.11 Å². The number of halogens is 4. The Morgan fingerprint density at radius 3 is 2.43 bits per heavy atom. The van der Waals surface area contributed by atoms with Gasteiger partial charge in [0.25, 0.3) is 6.43 Å². The summed E-state index contributed by atoms with van der Waals surface area (Å²) in [4.78, 5) is 0. The number of hydrogen-bond donors (Lipinski definition) is 0. The molecule has 5 heteroatoms. The van der Waals surface area contributed by atoms with Gasteiger partial charge in [-0.15, -0.1) is 11.6 Å². The van der Waals surface area contributed by atoms with Gasteiger partial charge in [-0.1, -0.05) is 6.07 Å². The van der Waals surface area contributed by atoms with Gasteiger partial charge >= 0.3 is 0 Å². The van der Waals surface area contributed by atoms with E-state index in [1.807, 2.05) is 0 Å². The first-order valence-corrected chi connectivity index (χ1v) is 4.25. The van der Waals surface area contributed by atoms with Crippen molar-refractivity contribution >= 4 is 11.6 Å². The van der Waals surface area contributed by atoms with Crippen molar-refractivity contribution in [2.75, 3.05) is 7.11 Å². The van der Waals surface area contributed by atoms with Gasteiger partial charge in [0.15, 0.2) is 11.6 Å². The summed E-state index contributed by atoms with van der Waals surface area (Å²) in [7, 11) is 1.30. The van der Waals surface area contributed by atoms with Crippen LogP contribution in [0, 0.1) is 5.82 Å². The van der Waals surface area contributed by atoms with E-state index in [9.17, 15) is 13.2 Å². The second-order valence-electron chi connectivity index (χ2n) is 2.63. The molecule has 0 aliphatic carbocycles. The first-order valence-electron chi connectivity index (χ1n) is 3.82. The molecule has 1 aromatic rings. The Morgan fingerprint density at radius 1 is 1.36 bits per heavy atom. The minimum absolute atomic E-state index is 0.00637. The van der Waals surface area contributed by atoms with Crippen molar-refractivity contribution in [1.29, 1.82) is 0 Å². The molecule has 0 saturated heterocycles. The molecule has 78 valence electrons. The van der Waals surface area contributed by atoms with Crippen LogP contribution in [-0.4, -0.2) is 13.5 Å². The largest absolute Gasteiger partial charge is 0.494 e. The number of benzene rings is 1. The second-order valence-corrected chi connectivity index (χ2v) is 3.10. The molecule has 1 atom stereocenters. The summed E-state index contributed by atoms with van der Waals surface area (Å²) in [5.41, 5.74) is 0.0416. The van der Waals surface area contributed by atoms with Gasteiger partial charge in [0, 0.05) is 0 Å². The SMILES string of the molecule is COc1ccc(C(Cl)C(F)F)cc1F. The van der Waals surface area contributed by atoms with Crippen LogP contribution in [0.5, 0.6) is 5.75 Å². The van der Waals surface area contributed by atoms with E-state index in [2.05, 4.69) is 4.74 Å². The molecule has 0 aliphatic rings. The van der Waals surface area contributed by atoms with Crippen molar-refractivity contribution in [3.05, 3.63) is 29.6 Å². The molecule has 0 saturated carbocycles. The van der Waals surface area contributed by atoms with Crippen molar-refractivity contribution in [3.63, 3.8) is 0 Å². The Labute approximate surface area is 84.4 Å². The molecular weight excluding hydrogens is 217 g/mol. The first kappa shape index (κ1) is 11.2. The van der Waals surface area contributed by atoms with Crippen LogP contribution in [0.25, 0.3) is 0 Å². The van der Waals surface area contributed by atoms with Crippen LogP contribution >= 0.6 is 11.6 Å². The minimum Gasteiger partial charge on any atom is -0.494 e. The zero-order chi connectivity index (χ0) is 10.7. The van der Waals surface area contributed by atoms with Crippen LogP contribution in [0.4, 0.5) is 13.2 Å². The van der Waals surface area contributed by atoms with Crippen LogP contribution in [-0.2, 0) is 0 Å². The molecule has 0 aliphatic heterocycles. The monoisotopic (exact) mass is 224 g/mol. The molecule has 0 spiro atoms. The highest BCUT2D eigenvalue weighted by Gasteiger charge is 2.20. The van der Waals surface area contributed by atoms with Crippen LogP contribution in [0.3, 0.4) is 0 Å². The number of methoxy groups -OCH3 is 1. The normalized spacial score (nSPS) is 13.0. The lowest BCUT2D eigenvalue weighted by molar-refractivity contribution is 0.143. The number of hydrogen-bond acceptors (Lipinski definition) is 1. The van der Waals surface area contributed by atoms with Gasteiger partial charge in [0.2, 0.25) is 0 Å². The Bertz CT molecular complexity index is 317. The van der Waals surface area contributed by atoms with Crippen molar-refractivity contribution in [1.82, 2.24) is 0 Å². The summed E-state index contributed by atoms with van der Waals surface area (Å²) in [6.45, 7) is 0. The molecule has 1 aromatic carbocycles. The average molecular weight is 225 g/mol. The maximum Gasteiger partial charge on any atom is 0.258 e. The third-order valence-electron chi connectivity index (χ3n) is 1.72. The molecule has 0 bridgehead atoms. The molecule has 0 radical (unpaired) electrons. The molecule has 1 nitrogen and oxygen atoms in total. The van der Waals surface area contributed by atoms with Crippen molar-refractivity contribution in [2.24, 2.45) is 0 Å². The number of alkyl halides is 3. The summed E-state index contributed by atoms with van der Waals surface area (Å²) in [5, 5.41) is -1.49. The predicted molar refractivity (Wildman–Crippen MR) is 47.6 cm³/mol. The molecule has 0 aromatic heterocycles. The second kappa shape index (κ2) is 4.55. The van der Waals surface area contributed by atoms with Crippen LogP contribution < -0.4 is 4.74 Å². The smallest absolute Gasteiger partial charge is 0.258 e. The third-order valence-corrected chi connectivity index (χ3v) is 2.16. The highest BCUT2D eigenvalue weighted by Crippen LogP contribution is 2.30. The summed E-state index contributed by atoms with van der Waals surface area (Å²) < 4.78 is 42.0. The number of ether oxygens (including phenoxy) is 1. The highest BCUT2D eigenvalue weighted by atomic mass is 35.5. The highest BCUT2D eigenvalue weighted by molar-refractivity contribution is 6.21. The molecule has 1 rings (SSSR count). The van der Waals surface area contributed by atoms with Gasteiger partial charge in [-0.05, 0) is 17.7 Å². The van der Waals surface area contributed by atoms with Gasteiger partial charge in [0.1, 0.15) is 5.38 Å². The zero-order valence-electron chi connectivity index (χ0n) is 7.31. The predicted octanol–water partition coefficient (Wildman–Crippen LogP) is 3.38. The van der Waals surface area contributed by atoms with Gasteiger partial charge in [-0.3, -0.25) is 0 Å². The molecule has 0 N–H and O–H groups in total. The zero-order valence-corrected chi connectivity index (χ0v) is 8.06. The quantitative estimate of drug-likeness (QED) is 0.716.